The van der Waals surface area contributed by atoms with Crippen LogP contribution in [0, 0.1) is 12.8 Å². The van der Waals surface area contributed by atoms with Gasteiger partial charge in [0.15, 0.2) is 11.5 Å². The second-order valence-corrected chi connectivity index (χ2v) is 5.35. The minimum atomic E-state index is 0.701. The van der Waals surface area contributed by atoms with Crippen LogP contribution in [0.5, 0.6) is 0 Å². The van der Waals surface area contributed by atoms with Crippen LogP contribution in [0.2, 0.25) is 0 Å². The van der Waals surface area contributed by atoms with E-state index in [0.717, 1.165) is 42.8 Å². The summed E-state index contributed by atoms with van der Waals surface area (Å²) in [6, 6.07) is 6.14. The number of benzene rings is 1. The molecule has 3 nitrogen and oxygen atoms in total. The average Bonchev–Trinajstić information content (AvgIpc) is 2.78. The Labute approximate surface area is 115 Å². The first kappa shape index (κ1) is 14.1. The summed E-state index contributed by atoms with van der Waals surface area (Å²) in [6.45, 7) is 5.08. The van der Waals surface area contributed by atoms with E-state index in [-0.39, 0.29) is 0 Å². The van der Waals surface area contributed by atoms with Crippen LogP contribution in [-0.2, 0) is 6.42 Å². The maximum absolute atomic E-state index is 5.79. The Morgan fingerprint density at radius 1 is 1.26 bits per heavy atom. The summed E-state index contributed by atoms with van der Waals surface area (Å²) in [5.41, 5.74) is 8.76. The first-order valence-electron chi connectivity index (χ1n) is 7.29. The van der Waals surface area contributed by atoms with Crippen LogP contribution >= 0.6 is 0 Å². The zero-order chi connectivity index (χ0) is 13.7. The fourth-order valence-electron chi connectivity index (χ4n) is 2.60. The molecule has 0 fully saturated rings. The third kappa shape index (κ3) is 3.80. The maximum atomic E-state index is 5.79. The van der Waals surface area contributed by atoms with Crippen molar-refractivity contribution in [3.8, 4) is 0 Å². The second kappa shape index (κ2) is 6.71. The maximum Gasteiger partial charge on any atom is 0.195 e. The number of hydrogen-bond acceptors (Lipinski definition) is 3. The lowest BCUT2D eigenvalue weighted by Crippen LogP contribution is -2.09. The van der Waals surface area contributed by atoms with Crippen molar-refractivity contribution in [1.82, 2.24) is 4.98 Å². The van der Waals surface area contributed by atoms with E-state index in [2.05, 4.69) is 31.0 Å². The molecule has 3 heteroatoms. The molecule has 0 saturated carbocycles. The normalized spacial score (nSPS) is 13.0. The first-order chi connectivity index (χ1) is 9.22. The molecular formula is C16H24N2O. The van der Waals surface area contributed by atoms with E-state index < -0.39 is 0 Å². The highest BCUT2D eigenvalue weighted by Crippen LogP contribution is 2.21. The van der Waals surface area contributed by atoms with E-state index in [1.807, 2.05) is 6.07 Å². The third-order valence-electron chi connectivity index (χ3n) is 3.63. The van der Waals surface area contributed by atoms with Crippen molar-refractivity contribution < 1.29 is 4.42 Å². The highest BCUT2D eigenvalue weighted by molar-refractivity contribution is 5.73. The minimum absolute atomic E-state index is 0.701. The van der Waals surface area contributed by atoms with Crippen molar-refractivity contribution in [3.63, 3.8) is 0 Å². The summed E-state index contributed by atoms with van der Waals surface area (Å²) < 4.78 is 5.79. The molecule has 1 atom stereocenters. The van der Waals surface area contributed by atoms with Gasteiger partial charge in [-0.15, -0.1) is 0 Å². The van der Waals surface area contributed by atoms with Crippen LogP contribution in [0.25, 0.3) is 11.1 Å². The molecule has 0 aliphatic carbocycles. The standard InChI is InChI=1S/C16H24N2O/c1-3-4-13(9-10-17)6-8-16-18-14-11-12(2)5-7-15(14)19-16/h5,7,11,13H,3-4,6,8-10,17H2,1-2H3. The number of nitrogens with zero attached hydrogens (tertiary/aromatic N) is 1. The number of oxazole rings is 1. The van der Waals surface area contributed by atoms with Crippen LogP contribution in [0.15, 0.2) is 22.6 Å². The van der Waals surface area contributed by atoms with Crippen LogP contribution in [0.4, 0.5) is 0 Å². The summed E-state index contributed by atoms with van der Waals surface area (Å²) in [7, 11) is 0. The van der Waals surface area contributed by atoms with Crippen LogP contribution in [0.3, 0.4) is 0 Å². The van der Waals surface area contributed by atoms with E-state index in [1.54, 1.807) is 0 Å². The van der Waals surface area contributed by atoms with Gasteiger partial charge in [0.2, 0.25) is 0 Å². The predicted molar refractivity (Wildman–Crippen MR) is 79.1 cm³/mol. The van der Waals surface area contributed by atoms with Gasteiger partial charge in [-0.05, 0) is 49.9 Å². The van der Waals surface area contributed by atoms with Crippen LogP contribution in [0.1, 0.15) is 44.1 Å². The number of aromatic nitrogens is 1. The molecule has 1 heterocycles. The lowest BCUT2D eigenvalue weighted by molar-refractivity contribution is 0.398. The average molecular weight is 260 g/mol. The van der Waals surface area contributed by atoms with Crippen molar-refractivity contribution in [2.24, 2.45) is 11.7 Å². The summed E-state index contributed by atoms with van der Waals surface area (Å²) in [5.74, 6) is 1.56. The van der Waals surface area contributed by atoms with Gasteiger partial charge in [0.1, 0.15) is 5.52 Å². The molecule has 2 N–H and O–H groups in total. The van der Waals surface area contributed by atoms with Crippen molar-refractivity contribution in [1.29, 1.82) is 0 Å². The molecule has 0 radical (unpaired) electrons. The molecule has 0 saturated heterocycles. The number of rotatable bonds is 7. The SMILES string of the molecule is CCCC(CCN)CCc1nc2cc(C)ccc2o1. The Bertz CT molecular complexity index is 512. The molecule has 0 aliphatic heterocycles. The number of fused-ring (bicyclic) bond motifs is 1. The monoisotopic (exact) mass is 260 g/mol. The molecule has 2 rings (SSSR count). The van der Waals surface area contributed by atoms with Gasteiger partial charge < -0.3 is 10.2 Å². The van der Waals surface area contributed by atoms with Crippen molar-refractivity contribution in [3.05, 3.63) is 29.7 Å². The molecule has 0 spiro atoms. The number of hydrogen-bond donors (Lipinski definition) is 1. The van der Waals surface area contributed by atoms with Gasteiger partial charge >= 0.3 is 0 Å². The van der Waals surface area contributed by atoms with Gasteiger partial charge in [-0.3, -0.25) is 0 Å². The Kier molecular flexibility index (Phi) is 4.97. The highest BCUT2D eigenvalue weighted by Gasteiger charge is 2.11. The zero-order valence-electron chi connectivity index (χ0n) is 12.0. The quantitative estimate of drug-likeness (QED) is 0.823. The van der Waals surface area contributed by atoms with Crippen molar-refractivity contribution >= 4 is 11.1 Å². The van der Waals surface area contributed by atoms with E-state index in [0.29, 0.717) is 5.92 Å². The smallest absolute Gasteiger partial charge is 0.195 e. The molecule has 1 aromatic heterocycles. The molecule has 0 bridgehead atoms. The van der Waals surface area contributed by atoms with Crippen LogP contribution in [-0.4, -0.2) is 11.5 Å². The molecular weight excluding hydrogens is 236 g/mol. The van der Waals surface area contributed by atoms with Gasteiger partial charge in [0, 0.05) is 6.42 Å². The number of nitrogens with two attached hydrogens (primary N) is 1. The topological polar surface area (TPSA) is 52.0 Å². The van der Waals surface area contributed by atoms with Gasteiger partial charge in [-0.25, -0.2) is 4.98 Å². The number of aryl methyl sites for hydroxylation is 2. The van der Waals surface area contributed by atoms with Gasteiger partial charge in [-0.2, -0.15) is 0 Å². The highest BCUT2D eigenvalue weighted by atomic mass is 16.3. The Balaban J connectivity index is 2.00. The van der Waals surface area contributed by atoms with Gasteiger partial charge in [0.05, 0.1) is 0 Å². The molecule has 1 unspecified atom stereocenters. The summed E-state index contributed by atoms with van der Waals surface area (Å²) in [4.78, 5) is 4.57. The fourth-order valence-corrected chi connectivity index (χ4v) is 2.60. The second-order valence-electron chi connectivity index (χ2n) is 5.35. The molecule has 19 heavy (non-hydrogen) atoms. The van der Waals surface area contributed by atoms with Gasteiger partial charge in [-0.1, -0.05) is 25.8 Å². The van der Waals surface area contributed by atoms with E-state index in [1.165, 1.54) is 18.4 Å². The Morgan fingerprint density at radius 2 is 2.11 bits per heavy atom. The molecule has 2 aromatic rings. The molecule has 0 aliphatic rings. The molecule has 1 aromatic carbocycles. The summed E-state index contributed by atoms with van der Waals surface area (Å²) in [5, 5.41) is 0. The van der Waals surface area contributed by atoms with Crippen LogP contribution < -0.4 is 5.73 Å². The van der Waals surface area contributed by atoms with E-state index in [4.69, 9.17) is 10.2 Å². The minimum Gasteiger partial charge on any atom is -0.441 e. The zero-order valence-corrected chi connectivity index (χ0v) is 12.0. The lowest BCUT2D eigenvalue weighted by atomic mass is 9.94. The van der Waals surface area contributed by atoms with Gasteiger partial charge in [0.25, 0.3) is 0 Å². The Morgan fingerprint density at radius 3 is 2.84 bits per heavy atom. The largest absolute Gasteiger partial charge is 0.441 e. The van der Waals surface area contributed by atoms with E-state index >= 15 is 0 Å². The third-order valence-corrected chi connectivity index (χ3v) is 3.63. The fraction of sp³-hybridized carbons (Fsp3) is 0.562. The lowest BCUT2D eigenvalue weighted by Gasteiger charge is -2.13. The van der Waals surface area contributed by atoms with E-state index in [9.17, 15) is 0 Å². The Hall–Kier alpha value is -1.35. The van der Waals surface area contributed by atoms with Crippen molar-refractivity contribution in [2.75, 3.05) is 6.54 Å². The predicted octanol–water partition coefficient (Wildman–Crippen LogP) is 3.83. The first-order valence-corrected chi connectivity index (χ1v) is 7.29. The summed E-state index contributed by atoms with van der Waals surface area (Å²) in [6.07, 6.45) is 5.61. The molecule has 104 valence electrons. The summed E-state index contributed by atoms with van der Waals surface area (Å²) >= 11 is 0. The molecule has 0 amide bonds. The van der Waals surface area contributed by atoms with Crippen molar-refractivity contribution in [2.45, 2.75) is 46.0 Å².